The summed E-state index contributed by atoms with van der Waals surface area (Å²) in [5, 5.41) is 3.31. The molecule has 0 aliphatic carbocycles. The Hall–Kier alpha value is -3.20. The highest BCUT2D eigenvalue weighted by molar-refractivity contribution is 7.89. The number of carbonyl (C=O) groups is 1. The zero-order valence-corrected chi connectivity index (χ0v) is 21.3. The van der Waals surface area contributed by atoms with Crippen LogP contribution in [0.15, 0.2) is 70.4 Å². The van der Waals surface area contributed by atoms with Gasteiger partial charge in [-0.1, -0.05) is 35.9 Å². The predicted octanol–water partition coefficient (Wildman–Crippen LogP) is 4.44. The third-order valence-electron chi connectivity index (χ3n) is 6.73. The van der Waals surface area contributed by atoms with Crippen molar-refractivity contribution in [1.29, 1.82) is 0 Å². The second kappa shape index (κ2) is 9.69. The van der Waals surface area contributed by atoms with E-state index < -0.39 is 10.0 Å². The van der Waals surface area contributed by atoms with E-state index in [9.17, 15) is 18.0 Å². The van der Waals surface area contributed by atoms with E-state index in [1.165, 1.54) is 23.4 Å². The lowest BCUT2D eigenvalue weighted by Crippen LogP contribution is -2.49. The van der Waals surface area contributed by atoms with Crippen LogP contribution in [0.2, 0.25) is 5.02 Å². The van der Waals surface area contributed by atoms with Crippen molar-refractivity contribution >= 4 is 45.4 Å². The summed E-state index contributed by atoms with van der Waals surface area (Å²) in [4.78, 5) is 24.2. The number of sulfonamides is 1. The van der Waals surface area contributed by atoms with Crippen LogP contribution >= 0.6 is 11.6 Å². The average molecular weight is 524 g/mol. The van der Waals surface area contributed by atoms with E-state index in [1.54, 1.807) is 18.2 Å². The van der Waals surface area contributed by atoms with Crippen LogP contribution in [0.4, 0.5) is 5.69 Å². The van der Waals surface area contributed by atoms with Gasteiger partial charge in [-0.05, 0) is 65.9 Å². The van der Waals surface area contributed by atoms with Crippen LogP contribution in [0.1, 0.15) is 36.1 Å². The molecule has 1 aromatic heterocycles. The number of hydrogen-bond donors (Lipinski definition) is 1. The first-order valence-corrected chi connectivity index (χ1v) is 13.6. The van der Waals surface area contributed by atoms with Crippen molar-refractivity contribution in [2.45, 2.75) is 30.7 Å². The normalized spacial score (nSPS) is 19.7. The minimum atomic E-state index is -3.73. The topological polar surface area (TPSA) is 88.5 Å². The molecule has 0 spiro atoms. The largest absolute Gasteiger partial charge is 0.326 e. The van der Waals surface area contributed by atoms with E-state index in [0.29, 0.717) is 30.3 Å². The molecular formula is C27H26ClN3O4S. The molecule has 1 N–H and O–H groups in total. The summed E-state index contributed by atoms with van der Waals surface area (Å²) in [7, 11) is -3.73. The van der Waals surface area contributed by atoms with Gasteiger partial charge in [0.1, 0.15) is 0 Å². The van der Waals surface area contributed by atoms with Gasteiger partial charge >= 0.3 is 0 Å². The van der Waals surface area contributed by atoms with E-state index in [1.807, 2.05) is 47.1 Å². The molecule has 2 atom stereocenters. The molecule has 0 radical (unpaired) electrons. The zero-order valence-electron chi connectivity index (χ0n) is 19.7. The van der Waals surface area contributed by atoms with Gasteiger partial charge in [0.2, 0.25) is 15.9 Å². The molecule has 7 nitrogen and oxygen atoms in total. The van der Waals surface area contributed by atoms with Gasteiger partial charge in [0.15, 0.2) is 0 Å². The predicted molar refractivity (Wildman–Crippen MR) is 141 cm³/mol. The number of halogens is 1. The van der Waals surface area contributed by atoms with E-state index in [-0.39, 0.29) is 28.2 Å². The Morgan fingerprint density at radius 1 is 0.972 bits per heavy atom. The lowest BCUT2D eigenvalue weighted by molar-refractivity contribution is -0.114. The molecule has 3 heterocycles. The second-order valence-corrected chi connectivity index (χ2v) is 11.7. The highest BCUT2D eigenvalue weighted by Crippen LogP contribution is 2.39. The van der Waals surface area contributed by atoms with E-state index in [0.717, 1.165) is 23.2 Å². The molecule has 2 aliphatic rings. The van der Waals surface area contributed by atoms with Gasteiger partial charge in [-0.25, -0.2) is 8.42 Å². The molecule has 1 amide bonds. The van der Waals surface area contributed by atoms with Crippen molar-refractivity contribution in [1.82, 2.24) is 8.87 Å². The average Bonchev–Trinajstić information content (AvgIpc) is 2.85. The van der Waals surface area contributed by atoms with Crippen LogP contribution < -0.4 is 10.9 Å². The van der Waals surface area contributed by atoms with Gasteiger partial charge in [-0.2, -0.15) is 4.31 Å². The van der Waals surface area contributed by atoms with Crippen molar-refractivity contribution in [3.05, 3.63) is 92.9 Å². The minimum Gasteiger partial charge on any atom is -0.326 e. The van der Waals surface area contributed by atoms with Gasteiger partial charge in [-0.15, -0.1) is 0 Å². The molecule has 0 saturated carbocycles. The van der Waals surface area contributed by atoms with Gasteiger partial charge in [-0.3, -0.25) is 9.59 Å². The summed E-state index contributed by atoms with van der Waals surface area (Å²) in [6.07, 6.45) is 4.78. The smallest absolute Gasteiger partial charge is 0.250 e. The maximum absolute atomic E-state index is 13.5. The molecule has 186 valence electrons. The van der Waals surface area contributed by atoms with Crippen LogP contribution in [-0.4, -0.2) is 36.3 Å². The van der Waals surface area contributed by atoms with Crippen LogP contribution in [0.25, 0.3) is 12.2 Å². The van der Waals surface area contributed by atoms with Gasteiger partial charge in [0, 0.05) is 54.9 Å². The molecule has 0 unspecified atom stereocenters. The quantitative estimate of drug-likeness (QED) is 0.535. The number of pyridine rings is 1. The number of nitrogens with one attached hydrogen (secondary N) is 1. The Balaban J connectivity index is 1.44. The highest BCUT2D eigenvalue weighted by Gasteiger charge is 2.40. The van der Waals surface area contributed by atoms with Gasteiger partial charge in [0.25, 0.3) is 5.56 Å². The number of benzene rings is 2. The Morgan fingerprint density at radius 2 is 1.69 bits per heavy atom. The fourth-order valence-corrected chi connectivity index (χ4v) is 6.85. The molecule has 2 aromatic carbocycles. The van der Waals surface area contributed by atoms with Crippen molar-refractivity contribution in [2.75, 3.05) is 18.4 Å². The molecule has 9 heteroatoms. The molecule has 3 aromatic rings. The van der Waals surface area contributed by atoms with Gasteiger partial charge in [0.05, 0.1) is 4.90 Å². The third-order valence-corrected chi connectivity index (χ3v) is 8.82. The van der Waals surface area contributed by atoms with Crippen molar-refractivity contribution in [3.63, 3.8) is 0 Å². The molecule has 5 rings (SSSR count). The number of anilines is 1. The molecular weight excluding hydrogens is 498 g/mol. The van der Waals surface area contributed by atoms with Gasteiger partial charge < -0.3 is 9.88 Å². The Morgan fingerprint density at radius 3 is 2.39 bits per heavy atom. The number of fused-ring (bicyclic) bond motifs is 4. The van der Waals surface area contributed by atoms with E-state index in [4.69, 9.17) is 11.6 Å². The number of piperidine rings is 1. The molecule has 1 fully saturated rings. The van der Waals surface area contributed by atoms with Crippen molar-refractivity contribution < 1.29 is 13.2 Å². The highest BCUT2D eigenvalue weighted by atomic mass is 35.5. The minimum absolute atomic E-state index is 0.0536. The Kier molecular flexibility index (Phi) is 6.59. The lowest BCUT2D eigenvalue weighted by Gasteiger charge is -2.42. The first-order valence-electron chi connectivity index (χ1n) is 11.8. The molecule has 2 aliphatic heterocycles. The first kappa shape index (κ1) is 24.5. The summed E-state index contributed by atoms with van der Waals surface area (Å²) in [6, 6.07) is 17.1. The Labute approximate surface area is 215 Å². The number of hydrogen-bond acceptors (Lipinski definition) is 4. The maximum atomic E-state index is 13.5. The summed E-state index contributed by atoms with van der Waals surface area (Å²) >= 11 is 5.99. The zero-order chi connectivity index (χ0) is 25.4. The fourth-order valence-electron chi connectivity index (χ4n) is 5.16. The monoisotopic (exact) mass is 523 g/mol. The second-order valence-electron chi connectivity index (χ2n) is 9.33. The van der Waals surface area contributed by atoms with Crippen molar-refractivity contribution in [3.8, 4) is 0 Å². The first-order chi connectivity index (χ1) is 17.2. The number of carbonyl (C=O) groups excluding carboxylic acids is 1. The SMILES string of the molecule is CC(=O)Nc1ccc(S(=O)(=O)N2C[C@@H]3C[C@H](C2)c2c(/C=C\c4ccc(Cl)cc4)ccc(=O)n2C3)cc1. The molecule has 1 saturated heterocycles. The fraction of sp³-hybridized carbons (Fsp3) is 0.259. The lowest BCUT2D eigenvalue weighted by atomic mass is 9.82. The number of rotatable bonds is 5. The van der Waals surface area contributed by atoms with E-state index >= 15 is 0 Å². The number of aromatic nitrogens is 1. The van der Waals surface area contributed by atoms with Crippen molar-refractivity contribution in [2.24, 2.45) is 5.92 Å². The third kappa shape index (κ3) is 4.89. The summed E-state index contributed by atoms with van der Waals surface area (Å²) in [6.45, 7) is 2.56. The summed E-state index contributed by atoms with van der Waals surface area (Å²) in [5.74, 6) is -0.258. The summed E-state index contributed by atoms with van der Waals surface area (Å²) in [5.41, 5.74) is 3.25. The molecule has 36 heavy (non-hydrogen) atoms. The molecule has 2 bridgehead atoms. The standard InChI is InChI=1S/C27H26ClN3O4S/c1-18(32)29-24-9-11-25(12-10-24)36(34,35)30-15-20-14-22(17-30)27-21(6-13-26(33)31(27)16-20)5-2-19-3-7-23(28)8-4-19/h2-13,20,22H,14-17H2,1H3,(H,29,32)/b5-2-/t20-,22+/m0/s1. The van der Waals surface area contributed by atoms with E-state index in [2.05, 4.69) is 5.32 Å². The van der Waals surface area contributed by atoms with Crippen LogP contribution in [0.3, 0.4) is 0 Å². The van der Waals surface area contributed by atoms with Crippen LogP contribution in [0, 0.1) is 5.92 Å². The number of nitrogens with zero attached hydrogens (tertiary/aromatic N) is 2. The van der Waals surface area contributed by atoms with Crippen LogP contribution in [-0.2, 0) is 21.4 Å². The van der Waals surface area contributed by atoms with Crippen LogP contribution in [0.5, 0.6) is 0 Å². The Bertz CT molecular complexity index is 1500. The summed E-state index contributed by atoms with van der Waals surface area (Å²) < 4.78 is 30.3. The maximum Gasteiger partial charge on any atom is 0.250 e. The number of amides is 1.